The van der Waals surface area contributed by atoms with Gasteiger partial charge in [0.2, 0.25) is 5.91 Å². The van der Waals surface area contributed by atoms with E-state index in [1.165, 1.54) is 0 Å². The Morgan fingerprint density at radius 3 is 2.45 bits per heavy atom. The lowest BCUT2D eigenvalue weighted by Gasteiger charge is -2.57. The Hall–Kier alpha value is -2.20. The molecule has 22 heavy (non-hydrogen) atoms. The number of anilines is 1. The Morgan fingerprint density at radius 1 is 1.05 bits per heavy atom. The number of nitrogens with zero attached hydrogens (tertiary/aromatic N) is 2. The predicted octanol–water partition coefficient (Wildman–Crippen LogP) is 2.54. The fraction of sp³-hybridized carbons (Fsp3) is 0.333. The average Bonchev–Trinajstić information content (AvgIpc) is 2.61. The minimum atomic E-state index is -0.282. The van der Waals surface area contributed by atoms with Gasteiger partial charge in [-0.05, 0) is 50.2 Å². The summed E-state index contributed by atoms with van der Waals surface area (Å²) in [5.74, 6) is 0.246. The summed E-state index contributed by atoms with van der Waals surface area (Å²) < 4.78 is 0. The molecule has 1 aromatic carbocycles. The molecule has 1 amide bonds. The predicted molar refractivity (Wildman–Crippen MR) is 85.4 cm³/mol. The molecule has 1 aromatic heterocycles. The zero-order valence-corrected chi connectivity index (χ0v) is 12.4. The van der Waals surface area contributed by atoms with Gasteiger partial charge in [-0.25, -0.2) is 0 Å². The average molecular weight is 293 g/mol. The van der Waals surface area contributed by atoms with E-state index >= 15 is 0 Å². The number of piperidine rings is 1. The van der Waals surface area contributed by atoms with E-state index in [1.54, 1.807) is 0 Å². The molecule has 1 atom stereocenters. The first-order chi connectivity index (χ1) is 10.8. The third-order valence-corrected chi connectivity index (χ3v) is 4.92. The van der Waals surface area contributed by atoms with Gasteiger partial charge in [0.05, 0.1) is 17.2 Å². The highest BCUT2D eigenvalue weighted by Crippen LogP contribution is 2.56. The van der Waals surface area contributed by atoms with Gasteiger partial charge in [-0.3, -0.25) is 9.78 Å². The van der Waals surface area contributed by atoms with Crippen LogP contribution in [0.4, 0.5) is 5.69 Å². The van der Waals surface area contributed by atoms with Crippen LogP contribution in [0.2, 0.25) is 0 Å². The van der Waals surface area contributed by atoms with Crippen molar-refractivity contribution < 1.29 is 4.79 Å². The number of carbonyl (C=O) groups is 1. The molecule has 2 fully saturated rings. The number of pyridine rings is 1. The van der Waals surface area contributed by atoms with Gasteiger partial charge in [-0.15, -0.1) is 0 Å². The molecule has 2 aliphatic heterocycles. The highest BCUT2D eigenvalue weighted by atomic mass is 16.2. The van der Waals surface area contributed by atoms with Crippen molar-refractivity contribution in [2.24, 2.45) is 5.41 Å². The maximum Gasteiger partial charge on any atom is 0.236 e. The zero-order valence-electron chi connectivity index (χ0n) is 12.4. The van der Waals surface area contributed by atoms with Crippen LogP contribution in [0.5, 0.6) is 0 Å². The SMILES string of the molecule is O=C1N(c2ccccc2)C(c2ccccn2)C12CCNCC2. The smallest absolute Gasteiger partial charge is 0.236 e. The maximum atomic E-state index is 13.0. The second kappa shape index (κ2) is 5.21. The van der Waals surface area contributed by atoms with Crippen LogP contribution >= 0.6 is 0 Å². The van der Waals surface area contributed by atoms with Crippen molar-refractivity contribution in [1.29, 1.82) is 0 Å². The molecule has 0 saturated carbocycles. The third kappa shape index (κ3) is 1.87. The monoisotopic (exact) mass is 293 g/mol. The fourth-order valence-electron chi connectivity index (χ4n) is 3.82. The Kier molecular flexibility index (Phi) is 3.19. The van der Waals surface area contributed by atoms with Gasteiger partial charge in [-0.1, -0.05) is 24.3 Å². The molecule has 112 valence electrons. The molecule has 0 bridgehead atoms. The fourth-order valence-corrected chi connectivity index (χ4v) is 3.82. The second-order valence-electron chi connectivity index (χ2n) is 6.07. The Morgan fingerprint density at radius 2 is 1.77 bits per heavy atom. The van der Waals surface area contributed by atoms with Crippen molar-refractivity contribution in [3.8, 4) is 0 Å². The van der Waals surface area contributed by atoms with E-state index in [9.17, 15) is 4.79 Å². The number of benzene rings is 1. The maximum absolute atomic E-state index is 13.0. The first kappa shape index (κ1) is 13.5. The summed E-state index contributed by atoms with van der Waals surface area (Å²) in [5.41, 5.74) is 1.68. The van der Waals surface area contributed by atoms with E-state index in [-0.39, 0.29) is 17.4 Å². The first-order valence-corrected chi connectivity index (χ1v) is 7.83. The van der Waals surface area contributed by atoms with E-state index in [0.717, 1.165) is 37.3 Å². The van der Waals surface area contributed by atoms with Crippen LogP contribution < -0.4 is 10.2 Å². The Balaban J connectivity index is 1.77. The van der Waals surface area contributed by atoms with Gasteiger partial charge in [0.1, 0.15) is 0 Å². The van der Waals surface area contributed by atoms with Crippen molar-refractivity contribution in [3.05, 3.63) is 60.4 Å². The summed E-state index contributed by atoms with van der Waals surface area (Å²) in [5, 5.41) is 3.36. The largest absolute Gasteiger partial charge is 0.317 e. The van der Waals surface area contributed by atoms with Crippen molar-refractivity contribution >= 4 is 11.6 Å². The van der Waals surface area contributed by atoms with Crippen LogP contribution in [0.15, 0.2) is 54.7 Å². The van der Waals surface area contributed by atoms with Crippen LogP contribution in [0.25, 0.3) is 0 Å². The van der Waals surface area contributed by atoms with E-state index in [4.69, 9.17) is 0 Å². The van der Waals surface area contributed by atoms with Crippen LogP contribution in [0.1, 0.15) is 24.6 Å². The number of hydrogen-bond acceptors (Lipinski definition) is 3. The summed E-state index contributed by atoms with van der Waals surface area (Å²) in [6.07, 6.45) is 3.59. The van der Waals surface area contributed by atoms with Crippen LogP contribution in [0.3, 0.4) is 0 Å². The quantitative estimate of drug-likeness (QED) is 0.866. The zero-order chi connectivity index (χ0) is 15.0. The summed E-state index contributed by atoms with van der Waals surface area (Å²) >= 11 is 0. The molecule has 0 aliphatic carbocycles. The van der Waals surface area contributed by atoms with Gasteiger partial charge in [0, 0.05) is 11.9 Å². The number of amides is 1. The molecule has 2 aliphatic rings. The number of para-hydroxylation sites is 1. The lowest BCUT2D eigenvalue weighted by atomic mass is 9.63. The van der Waals surface area contributed by atoms with Gasteiger partial charge >= 0.3 is 0 Å². The Bertz CT molecular complexity index is 665. The summed E-state index contributed by atoms with van der Waals surface area (Å²) in [4.78, 5) is 19.5. The van der Waals surface area contributed by atoms with E-state index in [2.05, 4.69) is 10.3 Å². The standard InChI is InChI=1S/C18H19N3O/c22-17-18(9-12-19-13-10-18)16(15-8-4-5-11-20-15)21(17)14-6-2-1-3-7-14/h1-8,11,16,19H,9-10,12-13H2. The number of β-lactam (4-membered cyclic amide) rings is 1. The number of carbonyl (C=O) groups excluding carboxylic acids is 1. The molecule has 0 radical (unpaired) electrons. The van der Waals surface area contributed by atoms with Crippen LogP contribution in [-0.2, 0) is 4.79 Å². The Labute approximate surface area is 130 Å². The molecular weight excluding hydrogens is 274 g/mol. The summed E-state index contributed by atoms with van der Waals surface area (Å²) in [6.45, 7) is 1.80. The van der Waals surface area contributed by atoms with E-state index < -0.39 is 0 Å². The molecular formula is C18H19N3O. The summed E-state index contributed by atoms with van der Waals surface area (Å²) in [7, 11) is 0. The second-order valence-corrected chi connectivity index (χ2v) is 6.07. The number of rotatable bonds is 2. The van der Waals surface area contributed by atoms with Crippen molar-refractivity contribution in [2.45, 2.75) is 18.9 Å². The van der Waals surface area contributed by atoms with Crippen LogP contribution in [-0.4, -0.2) is 24.0 Å². The molecule has 2 aromatic rings. The van der Waals surface area contributed by atoms with Gasteiger partial charge < -0.3 is 10.2 Å². The highest BCUT2D eigenvalue weighted by Gasteiger charge is 2.61. The molecule has 1 spiro atoms. The van der Waals surface area contributed by atoms with Crippen molar-refractivity contribution in [1.82, 2.24) is 10.3 Å². The van der Waals surface area contributed by atoms with Gasteiger partial charge in [0.25, 0.3) is 0 Å². The highest BCUT2D eigenvalue weighted by molar-refractivity contribution is 6.06. The van der Waals surface area contributed by atoms with E-state index in [1.807, 2.05) is 59.6 Å². The van der Waals surface area contributed by atoms with Crippen molar-refractivity contribution in [3.63, 3.8) is 0 Å². The number of aromatic nitrogens is 1. The molecule has 1 N–H and O–H groups in total. The molecule has 3 heterocycles. The van der Waals surface area contributed by atoms with Crippen LogP contribution in [0, 0.1) is 5.41 Å². The lowest BCUT2D eigenvalue weighted by Crippen LogP contribution is -2.66. The van der Waals surface area contributed by atoms with Gasteiger partial charge in [-0.2, -0.15) is 0 Å². The number of nitrogens with one attached hydrogen (secondary N) is 1. The molecule has 4 heteroatoms. The summed E-state index contributed by atoms with van der Waals surface area (Å²) in [6, 6.07) is 15.9. The number of hydrogen-bond donors (Lipinski definition) is 1. The minimum Gasteiger partial charge on any atom is -0.317 e. The first-order valence-electron chi connectivity index (χ1n) is 7.83. The third-order valence-electron chi connectivity index (χ3n) is 4.92. The minimum absolute atomic E-state index is 0.0469. The molecule has 2 saturated heterocycles. The lowest BCUT2D eigenvalue weighted by molar-refractivity contribution is -0.142. The van der Waals surface area contributed by atoms with E-state index in [0.29, 0.717) is 0 Å². The van der Waals surface area contributed by atoms with Crippen molar-refractivity contribution in [2.75, 3.05) is 18.0 Å². The molecule has 1 unspecified atom stereocenters. The molecule has 4 nitrogen and oxygen atoms in total. The molecule has 4 rings (SSSR count). The topological polar surface area (TPSA) is 45.2 Å². The van der Waals surface area contributed by atoms with Gasteiger partial charge in [0.15, 0.2) is 0 Å². The normalized spacial score (nSPS) is 23.4.